The Bertz CT molecular complexity index is 581. The molecule has 5 heteroatoms. The van der Waals surface area contributed by atoms with E-state index in [-0.39, 0.29) is 12.1 Å². The molecule has 3 aliphatic rings. The first-order valence-electron chi connectivity index (χ1n) is 7.78. The summed E-state index contributed by atoms with van der Waals surface area (Å²) in [7, 11) is 0. The lowest BCUT2D eigenvalue weighted by atomic mass is 9.88. The smallest absolute Gasteiger partial charge is 0.410 e. The first-order valence-corrected chi connectivity index (χ1v) is 7.78. The number of amides is 1. The van der Waals surface area contributed by atoms with Crippen LogP contribution in [0.25, 0.3) is 0 Å². The number of rotatable bonds is 1. The van der Waals surface area contributed by atoms with Gasteiger partial charge in [0.05, 0.1) is 6.04 Å². The second-order valence-corrected chi connectivity index (χ2v) is 6.90. The van der Waals surface area contributed by atoms with Crippen LogP contribution in [0.15, 0.2) is 40.6 Å². The van der Waals surface area contributed by atoms with Crippen LogP contribution in [0.3, 0.4) is 0 Å². The zero-order valence-corrected chi connectivity index (χ0v) is 13.4. The zero-order valence-electron chi connectivity index (χ0n) is 13.4. The standard InChI is InChI=1S/C17H23N3O2/c1-17(2,3)22-16(21)20-8-6-12(7-9-20)13-4-5-14-11-18-19-15(14)10-13/h4-6,10-11,14-15,19H,7-9H2,1-3H3. The Kier molecular flexibility index (Phi) is 3.81. The third-order valence-electron chi connectivity index (χ3n) is 3.97. The molecule has 1 aliphatic carbocycles. The van der Waals surface area contributed by atoms with Gasteiger partial charge in [-0.3, -0.25) is 0 Å². The molecule has 0 bridgehead atoms. The van der Waals surface area contributed by atoms with Crippen LogP contribution in [0.4, 0.5) is 4.79 Å². The lowest BCUT2D eigenvalue weighted by Gasteiger charge is -2.30. The van der Waals surface area contributed by atoms with E-state index in [2.05, 4.69) is 34.8 Å². The second-order valence-electron chi connectivity index (χ2n) is 6.90. The first kappa shape index (κ1) is 14.9. The number of allylic oxidation sites excluding steroid dienone is 2. The average molecular weight is 301 g/mol. The maximum Gasteiger partial charge on any atom is 0.410 e. The highest BCUT2D eigenvalue weighted by molar-refractivity contribution is 5.70. The maximum atomic E-state index is 12.1. The van der Waals surface area contributed by atoms with Gasteiger partial charge in [0.2, 0.25) is 0 Å². The number of fused-ring (bicyclic) bond motifs is 1. The molecule has 3 rings (SSSR count). The predicted octanol–water partition coefficient (Wildman–Crippen LogP) is 2.62. The van der Waals surface area contributed by atoms with Gasteiger partial charge in [0.25, 0.3) is 0 Å². The van der Waals surface area contributed by atoms with Crippen molar-refractivity contribution in [1.82, 2.24) is 10.3 Å². The number of hydrazone groups is 1. The summed E-state index contributed by atoms with van der Waals surface area (Å²) in [6.45, 7) is 6.97. The van der Waals surface area contributed by atoms with Crippen molar-refractivity contribution >= 4 is 12.3 Å². The van der Waals surface area contributed by atoms with Crippen LogP contribution in [-0.2, 0) is 4.74 Å². The SMILES string of the molecule is CC(C)(C)OC(=O)N1CC=C(C2=CC3NN=CC3C=C2)CC1. The summed E-state index contributed by atoms with van der Waals surface area (Å²) >= 11 is 0. The molecular formula is C17H23N3O2. The van der Waals surface area contributed by atoms with Gasteiger partial charge >= 0.3 is 6.09 Å². The third kappa shape index (κ3) is 3.24. The fraction of sp³-hybridized carbons (Fsp3) is 0.529. The highest BCUT2D eigenvalue weighted by atomic mass is 16.6. The fourth-order valence-corrected chi connectivity index (χ4v) is 2.81. The first-order chi connectivity index (χ1) is 10.4. The molecule has 2 aliphatic heterocycles. The Balaban J connectivity index is 1.62. The fourth-order valence-electron chi connectivity index (χ4n) is 2.81. The van der Waals surface area contributed by atoms with Crippen molar-refractivity contribution in [3.8, 4) is 0 Å². The Hall–Kier alpha value is -2.04. The predicted molar refractivity (Wildman–Crippen MR) is 86.6 cm³/mol. The van der Waals surface area contributed by atoms with Crippen molar-refractivity contribution in [3.63, 3.8) is 0 Å². The molecule has 0 aromatic rings. The van der Waals surface area contributed by atoms with E-state index in [1.807, 2.05) is 27.0 Å². The number of carbonyl (C=O) groups is 1. The lowest BCUT2D eigenvalue weighted by Crippen LogP contribution is -2.39. The summed E-state index contributed by atoms with van der Waals surface area (Å²) in [5.74, 6) is 0.367. The Morgan fingerprint density at radius 2 is 2.27 bits per heavy atom. The minimum absolute atomic E-state index is 0.234. The van der Waals surface area contributed by atoms with Gasteiger partial charge in [0.1, 0.15) is 5.60 Å². The van der Waals surface area contributed by atoms with Crippen molar-refractivity contribution in [1.29, 1.82) is 0 Å². The summed E-state index contributed by atoms with van der Waals surface area (Å²) in [6.07, 6.45) is 11.3. The Morgan fingerprint density at radius 1 is 1.45 bits per heavy atom. The molecule has 0 aromatic heterocycles. The van der Waals surface area contributed by atoms with Gasteiger partial charge < -0.3 is 15.1 Å². The lowest BCUT2D eigenvalue weighted by molar-refractivity contribution is 0.0266. The van der Waals surface area contributed by atoms with Crippen LogP contribution >= 0.6 is 0 Å². The molecule has 2 atom stereocenters. The molecule has 0 radical (unpaired) electrons. The van der Waals surface area contributed by atoms with Crippen LogP contribution in [0, 0.1) is 5.92 Å². The van der Waals surface area contributed by atoms with E-state index in [4.69, 9.17) is 4.74 Å². The molecule has 0 fully saturated rings. The number of hydrogen-bond acceptors (Lipinski definition) is 4. The van der Waals surface area contributed by atoms with Gasteiger partial charge in [-0.15, -0.1) is 0 Å². The van der Waals surface area contributed by atoms with Crippen molar-refractivity contribution in [3.05, 3.63) is 35.5 Å². The quantitative estimate of drug-likeness (QED) is 0.810. The van der Waals surface area contributed by atoms with E-state index in [0.29, 0.717) is 19.0 Å². The maximum absolute atomic E-state index is 12.1. The van der Waals surface area contributed by atoms with E-state index in [1.54, 1.807) is 4.90 Å². The van der Waals surface area contributed by atoms with Crippen molar-refractivity contribution in [2.24, 2.45) is 11.0 Å². The molecule has 1 amide bonds. The van der Waals surface area contributed by atoms with Crippen LogP contribution in [0.5, 0.6) is 0 Å². The van der Waals surface area contributed by atoms with Crippen molar-refractivity contribution in [2.75, 3.05) is 13.1 Å². The molecule has 22 heavy (non-hydrogen) atoms. The minimum atomic E-state index is -0.446. The summed E-state index contributed by atoms with van der Waals surface area (Å²) in [6, 6.07) is 0.268. The van der Waals surface area contributed by atoms with E-state index in [1.165, 1.54) is 11.1 Å². The number of ether oxygens (including phenoxy) is 1. The number of hydrogen-bond donors (Lipinski definition) is 1. The summed E-state index contributed by atoms with van der Waals surface area (Å²) in [5.41, 5.74) is 5.20. The second kappa shape index (κ2) is 5.63. The van der Waals surface area contributed by atoms with Crippen LogP contribution in [-0.4, -0.2) is 41.9 Å². The molecule has 0 spiro atoms. The molecule has 118 valence electrons. The average Bonchev–Trinajstić information content (AvgIpc) is 2.93. The van der Waals surface area contributed by atoms with Gasteiger partial charge in [-0.2, -0.15) is 5.10 Å². The van der Waals surface area contributed by atoms with Crippen molar-refractivity contribution < 1.29 is 9.53 Å². The summed E-state index contributed by atoms with van der Waals surface area (Å²) in [5, 5.41) is 4.12. The van der Waals surface area contributed by atoms with E-state index in [0.717, 1.165) is 6.42 Å². The molecule has 2 unspecified atom stereocenters. The molecular weight excluding hydrogens is 278 g/mol. The van der Waals surface area contributed by atoms with E-state index >= 15 is 0 Å². The molecule has 0 saturated heterocycles. The minimum Gasteiger partial charge on any atom is -0.444 e. The Labute approximate surface area is 131 Å². The zero-order chi connectivity index (χ0) is 15.7. The van der Waals surface area contributed by atoms with Crippen LogP contribution < -0.4 is 5.43 Å². The van der Waals surface area contributed by atoms with Crippen LogP contribution in [0.2, 0.25) is 0 Å². The van der Waals surface area contributed by atoms with E-state index in [9.17, 15) is 4.79 Å². The van der Waals surface area contributed by atoms with Crippen LogP contribution in [0.1, 0.15) is 27.2 Å². The molecule has 1 N–H and O–H groups in total. The van der Waals surface area contributed by atoms with E-state index < -0.39 is 5.60 Å². The largest absolute Gasteiger partial charge is 0.444 e. The number of carbonyl (C=O) groups excluding carboxylic acids is 1. The molecule has 0 aromatic carbocycles. The van der Waals surface area contributed by atoms with Gasteiger partial charge in [0.15, 0.2) is 0 Å². The molecule has 2 heterocycles. The van der Waals surface area contributed by atoms with Crippen molar-refractivity contribution in [2.45, 2.75) is 38.8 Å². The van der Waals surface area contributed by atoms with Gasteiger partial charge in [0, 0.05) is 25.2 Å². The molecule has 0 saturated carbocycles. The van der Waals surface area contributed by atoms with Gasteiger partial charge in [-0.05, 0) is 38.3 Å². The summed E-state index contributed by atoms with van der Waals surface area (Å²) in [4.78, 5) is 13.8. The van der Waals surface area contributed by atoms with Gasteiger partial charge in [-0.25, -0.2) is 4.79 Å². The normalized spacial score (nSPS) is 27.0. The topological polar surface area (TPSA) is 53.9 Å². The monoisotopic (exact) mass is 301 g/mol. The number of nitrogens with one attached hydrogen (secondary N) is 1. The molecule has 5 nitrogen and oxygen atoms in total. The summed E-state index contributed by atoms with van der Waals surface area (Å²) < 4.78 is 5.42. The number of nitrogens with zero attached hydrogens (tertiary/aromatic N) is 2. The Morgan fingerprint density at radius 3 is 2.95 bits per heavy atom. The third-order valence-corrected chi connectivity index (χ3v) is 3.97. The highest BCUT2D eigenvalue weighted by Crippen LogP contribution is 2.27. The highest BCUT2D eigenvalue weighted by Gasteiger charge is 2.27. The van der Waals surface area contributed by atoms with Gasteiger partial charge in [-0.1, -0.05) is 24.3 Å².